The van der Waals surface area contributed by atoms with Crippen LogP contribution in [0.1, 0.15) is 41.2 Å². The van der Waals surface area contributed by atoms with E-state index in [9.17, 15) is 4.79 Å². The minimum absolute atomic E-state index is 0.219. The van der Waals surface area contributed by atoms with Gasteiger partial charge in [-0.3, -0.25) is 4.98 Å². The first kappa shape index (κ1) is 17.5. The smallest absolute Gasteiger partial charge is 0.341 e. The number of ether oxygens (including phenoxy) is 2. The summed E-state index contributed by atoms with van der Waals surface area (Å²) in [6, 6.07) is 5.78. The molecule has 1 atom stereocenters. The molecule has 3 N–H and O–H groups in total. The zero-order chi connectivity index (χ0) is 19.3. The minimum atomic E-state index is -0.400. The predicted molar refractivity (Wildman–Crippen MR) is 105 cm³/mol. The van der Waals surface area contributed by atoms with Gasteiger partial charge in [-0.15, -0.1) is 0 Å². The van der Waals surface area contributed by atoms with Gasteiger partial charge in [0.05, 0.1) is 29.9 Å². The van der Waals surface area contributed by atoms with Gasteiger partial charge in [0.2, 0.25) is 0 Å². The Morgan fingerprint density at radius 1 is 1.33 bits per heavy atom. The Kier molecular flexibility index (Phi) is 3.91. The number of esters is 1. The molecule has 1 aromatic heterocycles. The molecule has 7 heteroatoms. The zero-order valence-corrected chi connectivity index (χ0v) is 16.2. The van der Waals surface area contributed by atoms with Gasteiger partial charge >= 0.3 is 5.97 Å². The van der Waals surface area contributed by atoms with Gasteiger partial charge < -0.3 is 25.4 Å². The fourth-order valence-corrected chi connectivity index (χ4v) is 3.69. The number of aryl methyl sites for hydroxylation is 2. The van der Waals surface area contributed by atoms with Crippen LogP contribution in [-0.2, 0) is 11.2 Å². The highest BCUT2D eigenvalue weighted by Gasteiger charge is 2.39. The van der Waals surface area contributed by atoms with E-state index in [1.54, 1.807) is 6.07 Å². The van der Waals surface area contributed by atoms with Crippen LogP contribution in [0.2, 0.25) is 0 Å². The first-order chi connectivity index (χ1) is 12.8. The van der Waals surface area contributed by atoms with Gasteiger partial charge in [-0.25, -0.2) is 4.79 Å². The molecule has 3 heterocycles. The Hall–Kier alpha value is -2.96. The lowest BCUT2D eigenvalue weighted by Gasteiger charge is -2.18. The number of rotatable bonds is 3. The van der Waals surface area contributed by atoms with Crippen LogP contribution in [0.25, 0.3) is 0 Å². The number of hydrogen-bond donors (Lipinski definition) is 3. The fraction of sp³-hybridized carbons (Fsp3) is 0.400. The quantitative estimate of drug-likeness (QED) is 0.716. The first-order valence-electron chi connectivity index (χ1n) is 8.98. The molecule has 0 fully saturated rings. The third-order valence-electron chi connectivity index (χ3n) is 4.88. The van der Waals surface area contributed by atoms with E-state index in [0.29, 0.717) is 17.7 Å². The average Bonchev–Trinajstić information content (AvgIpc) is 3.15. The summed E-state index contributed by atoms with van der Waals surface area (Å²) in [7, 11) is 1.38. The van der Waals surface area contributed by atoms with E-state index < -0.39 is 5.97 Å². The molecular weight excluding hydrogens is 344 g/mol. The second-order valence-electron chi connectivity index (χ2n) is 7.64. The van der Waals surface area contributed by atoms with Crippen molar-refractivity contribution in [2.75, 3.05) is 23.1 Å². The van der Waals surface area contributed by atoms with Crippen LogP contribution in [0, 0.1) is 13.8 Å². The lowest BCUT2D eigenvalue weighted by atomic mass is 9.98. The SMILES string of the molecule is COC(=O)c1cc2c(c3c1OC(C)(C)C3)NC(Nc1ccc(C)nc1C)N2. The van der Waals surface area contributed by atoms with Crippen LogP contribution in [0.4, 0.5) is 17.1 Å². The molecule has 2 aromatic rings. The molecule has 2 aliphatic heterocycles. The maximum absolute atomic E-state index is 12.3. The van der Waals surface area contributed by atoms with Crippen LogP contribution in [0.5, 0.6) is 5.75 Å². The summed E-state index contributed by atoms with van der Waals surface area (Å²) in [5.41, 5.74) is 5.73. The predicted octanol–water partition coefficient (Wildman–Crippen LogP) is 3.43. The topological polar surface area (TPSA) is 84.5 Å². The summed E-state index contributed by atoms with van der Waals surface area (Å²) < 4.78 is 11.0. The summed E-state index contributed by atoms with van der Waals surface area (Å²) in [4.78, 5) is 16.7. The molecule has 7 nitrogen and oxygen atoms in total. The molecule has 4 rings (SSSR count). The molecule has 0 amide bonds. The Morgan fingerprint density at radius 3 is 2.81 bits per heavy atom. The summed E-state index contributed by atoms with van der Waals surface area (Å²) in [6.07, 6.45) is 0.492. The number of aromatic nitrogens is 1. The van der Waals surface area contributed by atoms with E-state index in [1.807, 2.05) is 39.8 Å². The zero-order valence-electron chi connectivity index (χ0n) is 16.2. The molecule has 2 aliphatic rings. The van der Waals surface area contributed by atoms with Gasteiger partial charge in [0.25, 0.3) is 0 Å². The maximum Gasteiger partial charge on any atom is 0.341 e. The molecule has 1 aromatic carbocycles. The highest BCUT2D eigenvalue weighted by atomic mass is 16.5. The number of nitrogens with one attached hydrogen (secondary N) is 3. The second kappa shape index (κ2) is 6.04. The molecule has 0 spiro atoms. The van der Waals surface area contributed by atoms with Gasteiger partial charge in [0, 0.05) is 17.7 Å². The molecule has 0 aliphatic carbocycles. The van der Waals surface area contributed by atoms with Crippen molar-refractivity contribution in [3.8, 4) is 5.75 Å². The highest BCUT2D eigenvalue weighted by molar-refractivity contribution is 5.98. The first-order valence-corrected chi connectivity index (χ1v) is 8.98. The third kappa shape index (κ3) is 3.03. The maximum atomic E-state index is 12.3. The van der Waals surface area contributed by atoms with Crippen LogP contribution in [0.15, 0.2) is 18.2 Å². The number of anilines is 3. The lowest BCUT2D eigenvalue weighted by molar-refractivity contribution is 0.0590. The van der Waals surface area contributed by atoms with E-state index in [1.165, 1.54) is 7.11 Å². The molecular formula is C20H24N4O3. The van der Waals surface area contributed by atoms with E-state index in [4.69, 9.17) is 9.47 Å². The number of pyridine rings is 1. The molecule has 0 saturated heterocycles. The Morgan fingerprint density at radius 2 is 2.11 bits per heavy atom. The summed E-state index contributed by atoms with van der Waals surface area (Å²) in [6.45, 7) is 7.97. The van der Waals surface area contributed by atoms with Crippen molar-refractivity contribution in [2.45, 2.75) is 46.0 Å². The number of methoxy groups -OCH3 is 1. The minimum Gasteiger partial charge on any atom is -0.486 e. The van der Waals surface area contributed by atoms with Crippen LogP contribution < -0.4 is 20.7 Å². The molecule has 142 valence electrons. The summed E-state index contributed by atoms with van der Waals surface area (Å²) in [5.74, 6) is 0.206. The number of hydrogen-bond acceptors (Lipinski definition) is 7. The van der Waals surface area contributed by atoms with Gasteiger partial charge in [-0.2, -0.15) is 0 Å². The molecule has 0 radical (unpaired) electrons. The van der Waals surface area contributed by atoms with Crippen molar-refractivity contribution in [2.24, 2.45) is 0 Å². The standard InChI is InChI=1S/C20H24N4O3/c1-10-6-7-14(11(2)21-10)22-19-23-15-8-12(18(25)26-5)17-13(16(15)24-19)9-20(3,4)27-17/h6-8,19,22-24H,9H2,1-5H3. The summed E-state index contributed by atoms with van der Waals surface area (Å²) >= 11 is 0. The number of carbonyl (C=O) groups excluding carboxylic acids is 1. The van der Waals surface area contributed by atoms with Crippen molar-refractivity contribution in [1.29, 1.82) is 0 Å². The number of fused-ring (bicyclic) bond motifs is 3. The second-order valence-corrected chi connectivity index (χ2v) is 7.64. The van der Waals surface area contributed by atoms with Crippen molar-refractivity contribution < 1.29 is 14.3 Å². The van der Waals surface area contributed by atoms with Gasteiger partial charge in [-0.1, -0.05) is 0 Å². The molecule has 0 saturated carbocycles. The van der Waals surface area contributed by atoms with E-state index in [0.717, 1.165) is 34.0 Å². The van der Waals surface area contributed by atoms with E-state index in [2.05, 4.69) is 20.9 Å². The van der Waals surface area contributed by atoms with Gasteiger partial charge in [0.15, 0.2) is 6.29 Å². The number of carbonyl (C=O) groups is 1. The van der Waals surface area contributed by atoms with Crippen LogP contribution >= 0.6 is 0 Å². The van der Waals surface area contributed by atoms with Gasteiger partial charge in [0.1, 0.15) is 16.9 Å². The van der Waals surface area contributed by atoms with Crippen molar-refractivity contribution in [3.63, 3.8) is 0 Å². The van der Waals surface area contributed by atoms with Crippen LogP contribution in [-0.4, -0.2) is 30.0 Å². The molecule has 0 bridgehead atoms. The largest absolute Gasteiger partial charge is 0.486 e. The van der Waals surface area contributed by atoms with E-state index in [-0.39, 0.29) is 11.9 Å². The van der Waals surface area contributed by atoms with Crippen LogP contribution in [0.3, 0.4) is 0 Å². The summed E-state index contributed by atoms with van der Waals surface area (Å²) in [5, 5.41) is 10.3. The number of benzene rings is 1. The molecule has 27 heavy (non-hydrogen) atoms. The van der Waals surface area contributed by atoms with Crippen molar-refractivity contribution in [3.05, 3.63) is 40.7 Å². The fourth-order valence-electron chi connectivity index (χ4n) is 3.69. The van der Waals surface area contributed by atoms with Crippen molar-refractivity contribution >= 4 is 23.0 Å². The average molecular weight is 368 g/mol. The van der Waals surface area contributed by atoms with E-state index >= 15 is 0 Å². The Balaban J connectivity index is 1.67. The Bertz CT molecular complexity index is 939. The Labute approximate surface area is 158 Å². The van der Waals surface area contributed by atoms with Crippen molar-refractivity contribution in [1.82, 2.24) is 4.98 Å². The molecule has 1 unspecified atom stereocenters. The monoisotopic (exact) mass is 368 g/mol. The number of nitrogens with zero attached hydrogens (tertiary/aromatic N) is 1. The highest BCUT2D eigenvalue weighted by Crippen LogP contribution is 2.47. The van der Waals surface area contributed by atoms with Gasteiger partial charge in [-0.05, 0) is 45.9 Å². The normalized spacial score (nSPS) is 18.6. The lowest BCUT2D eigenvalue weighted by Crippen LogP contribution is -2.32. The third-order valence-corrected chi connectivity index (χ3v) is 4.88.